The Kier molecular flexibility index (Phi) is 2.77. The molecule has 0 saturated heterocycles. The molecule has 3 N–H and O–H groups in total. The summed E-state index contributed by atoms with van der Waals surface area (Å²) in [4.78, 5) is 13.9. The van der Waals surface area contributed by atoms with Crippen molar-refractivity contribution in [3.63, 3.8) is 0 Å². The maximum Gasteiger partial charge on any atom is 0.260 e. The third-order valence-corrected chi connectivity index (χ3v) is 2.57. The zero-order valence-corrected chi connectivity index (χ0v) is 9.49. The average Bonchev–Trinajstić information content (AvgIpc) is 2.61. The summed E-state index contributed by atoms with van der Waals surface area (Å²) in [5.41, 5.74) is 6.54. The van der Waals surface area contributed by atoms with Crippen molar-refractivity contribution in [2.45, 2.75) is 0 Å². The number of nitrogens with one attached hydrogen (secondary N) is 1. The number of hydrogen-bond donors (Lipinski definition) is 2. The SMILES string of the molecule is N#C/C(=C\n1c(=S)[nH]c2ccccc21)C(N)=O. The van der Waals surface area contributed by atoms with Gasteiger partial charge in [0.1, 0.15) is 11.6 Å². The molecule has 84 valence electrons. The molecule has 0 saturated carbocycles. The minimum atomic E-state index is -0.778. The van der Waals surface area contributed by atoms with Gasteiger partial charge in [-0.1, -0.05) is 12.1 Å². The van der Waals surface area contributed by atoms with Gasteiger partial charge in [-0.2, -0.15) is 5.26 Å². The number of rotatable bonds is 2. The third kappa shape index (κ3) is 1.96. The number of nitrogens with zero attached hydrogens (tertiary/aromatic N) is 2. The number of fused-ring (bicyclic) bond motifs is 1. The molecule has 6 heteroatoms. The Morgan fingerprint density at radius 2 is 2.24 bits per heavy atom. The second-order valence-electron chi connectivity index (χ2n) is 3.34. The Labute approximate surface area is 102 Å². The molecule has 2 rings (SSSR count). The van der Waals surface area contributed by atoms with Crippen LogP contribution in [0.5, 0.6) is 0 Å². The zero-order chi connectivity index (χ0) is 12.4. The molecule has 0 bridgehead atoms. The lowest BCUT2D eigenvalue weighted by atomic mass is 10.3. The second-order valence-corrected chi connectivity index (χ2v) is 3.72. The fraction of sp³-hybridized carbons (Fsp3) is 0. The van der Waals surface area contributed by atoms with Crippen LogP contribution in [0, 0.1) is 16.1 Å². The first kappa shape index (κ1) is 11.1. The number of carbonyl (C=O) groups excluding carboxylic acids is 1. The number of primary amides is 1. The van der Waals surface area contributed by atoms with Crippen LogP contribution in [-0.2, 0) is 4.79 Å². The predicted octanol–water partition coefficient (Wildman–Crippen LogP) is 1.55. The Balaban J connectivity index is 2.72. The minimum Gasteiger partial charge on any atom is -0.365 e. The van der Waals surface area contributed by atoms with Gasteiger partial charge in [-0.05, 0) is 24.4 Å². The van der Waals surface area contributed by atoms with Crippen LogP contribution in [0.3, 0.4) is 0 Å². The molecule has 0 aliphatic rings. The third-order valence-electron chi connectivity index (χ3n) is 2.27. The Hall–Kier alpha value is -2.39. The van der Waals surface area contributed by atoms with Crippen molar-refractivity contribution >= 4 is 35.4 Å². The molecular weight excluding hydrogens is 236 g/mol. The Morgan fingerprint density at radius 3 is 2.88 bits per heavy atom. The molecule has 0 atom stereocenters. The number of para-hydroxylation sites is 2. The standard InChI is InChI=1S/C11H8N4OS/c12-5-7(10(13)16)6-15-9-4-2-1-3-8(9)14-11(15)17/h1-4,6H,(H2,13,16)(H,14,17)/b7-6+. The van der Waals surface area contributed by atoms with Crippen molar-refractivity contribution in [2.24, 2.45) is 5.73 Å². The van der Waals surface area contributed by atoms with Crippen LogP contribution in [0.1, 0.15) is 0 Å². The number of benzene rings is 1. The first-order valence-corrected chi connectivity index (χ1v) is 5.15. The highest BCUT2D eigenvalue weighted by atomic mass is 32.1. The van der Waals surface area contributed by atoms with Crippen LogP contribution in [0.4, 0.5) is 0 Å². The van der Waals surface area contributed by atoms with E-state index in [1.54, 1.807) is 10.6 Å². The molecule has 0 radical (unpaired) electrons. The van der Waals surface area contributed by atoms with E-state index in [2.05, 4.69) is 4.98 Å². The maximum atomic E-state index is 11.0. The normalized spacial score (nSPS) is 11.4. The summed E-state index contributed by atoms with van der Waals surface area (Å²) in [6.45, 7) is 0. The quantitative estimate of drug-likeness (QED) is 0.477. The monoisotopic (exact) mass is 244 g/mol. The molecule has 1 amide bonds. The highest BCUT2D eigenvalue weighted by Crippen LogP contribution is 2.14. The molecule has 1 aromatic carbocycles. The van der Waals surface area contributed by atoms with E-state index in [4.69, 9.17) is 23.2 Å². The zero-order valence-electron chi connectivity index (χ0n) is 8.68. The molecule has 0 aliphatic carbocycles. The lowest BCUT2D eigenvalue weighted by Crippen LogP contribution is -2.13. The van der Waals surface area contributed by atoms with E-state index in [0.717, 1.165) is 11.0 Å². The van der Waals surface area contributed by atoms with Gasteiger partial charge in [0, 0.05) is 6.20 Å². The van der Waals surface area contributed by atoms with E-state index in [1.807, 2.05) is 24.3 Å². The van der Waals surface area contributed by atoms with Crippen LogP contribution in [-0.4, -0.2) is 15.5 Å². The molecule has 0 unspecified atom stereocenters. The molecule has 17 heavy (non-hydrogen) atoms. The van der Waals surface area contributed by atoms with Crippen molar-refractivity contribution in [2.75, 3.05) is 0 Å². The van der Waals surface area contributed by atoms with Gasteiger partial charge in [-0.15, -0.1) is 0 Å². The highest BCUT2D eigenvalue weighted by Gasteiger charge is 2.06. The van der Waals surface area contributed by atoms with E-state index in [1.165, 1.54) is 6.20 Å². The van der Waals surface area contributed by atoms with Gasteiger partial charge in [0.05, 0.1) is 11.0 Å². The van der Waals surface area contributed by atoms with Gasteiger partial charge < -0.3 is 10.7 Å². The molecule has 1 aromatic heterocycles. The lowest BCUT2D eigenvalue weighted by molar-refractivity contribution is -0.114. The molecule has 0 fully saturated rings. The highest BCUT2D eigenvalue weighted by molar-refractivity contribution is 7.71. The van der Waals surface area contributed by atoms with Gasteiger partial charge >= 0.3 is 0 Å². The van der Waals surface area contributed by atoms with Crippen molar-refractivity contribution in [1.29, 1.82) is 5.26 Å². The summed E-state index contributed by atoms with van der Waals surface area (Å²) in [7, 11) is 0. The van der Waals surface area contributed by atoms with Crippen molar-refractivity contribution in [3.8, 4) is 6.07 Å². The summed E-state index contributed by atoms with van der Waals surface area (Å²) < 4.78 is 1.95. The van der Waals surface area contributed by atoms with E-state index in [9.17, 15) is 4.79 Å². The number of aromatic amines is 1. The molecule has 2 aromatic rings. The van der Waals surface area contributed by atoms with E-state index in [0.29, 0.717) is 4.77 Å². The van der Waals surface area contributed by atoms with E-state index >= 15 is 0 Å². The maximum absolute atomic E-state index is 11.0. The van der Waals surface area contributed by atoms with Gasteiger partial charge in [-0.3, -0.25) is 9.36 Å². The largest absolute Gasteiger partial charge is 0.365 e. The predicted molar refractivity (Wildman–Crippen MR) is 66.2 cm³/mol. The van der Waals surface area contributed by atoms with Gasteiger partial charge in [-0.25, -0.2) is 0 Å². The number of H-pyrrole nitrogens is 1. The van der Waals surface area contributed by atoms with Crippen LogP contribution < -0.4 is 5.73 Å². The number of nitrogens with two attached hydrogens (primary N) is 1. The lowest BCUT2D eigenvalue weighted by Gasteiger charge is -1.97. The number of aromatic nitrogens is 2. The summed E-state index contributed by atoms with van der Waals surface area (Å²) in [6, 6.07) is 9.12. The van der Waals surface area contributed by atoms with Crippen LogP contribution >= 0.6 is 12.2 Å². The number of amides is 1. The fourth-order valence-electron chi connectivity index (χ4n) is 1.48. The average molecular weight is 244 g/mol. The fourth-order valence-corrected chi connectivity index (χ4v) is 1.74. The minimum absolute atomic E-state index is 0.147. The van der Waals surface area contributed by atoms with E-state index in [-0.39, 0.29) is 5.57 Å². The number of nitriles is 1. The first-order chi connectivity index (χ1) is 8.13. The van der Waals surface area contributed by atoms with Crippen molar-refractivity contribution in [3.05, 3.63) is 34.6 Å². The molecule has 5 nitrogen and oxygen atoms in total. The summed E-state index contributed by atoms with van der Waals surface area (Å²) in [5.74, 6) is -0.778. The number of imidazole rings is 1. The topological polar surface area (TPSA) is 87.6 Å². The van der Waals surface area contributed by atoms with Crippen molar-refractivity contribution in [1.82, 2.24) is 9.55 Å². The van der Waals surface area contributed by atoms with Crippen LogP contribution in [0.15, 0.2) is 29.8 Å². The van der Waals surface area contributed by atoms with Crippen molar-refractivity contribution < 1.29 is 4.79 Å². The molecule has 0 spiro atoms. The smallest absolute Gasteiger partial charge is 0.260 e. The summed E-state index contributed by atoms with van der Waals surface area (Å²) in [6.07, 6.45) is 1.34. The summed E-state index contributed by atoms with van der Waals surface area (Å²) in [5, 5.41) is 8.78. The molecular formula is C11H8N4OS. The van der Waals surface area contributed by atoms with Gasteiger partial charge in [0.15, 0.2) is 4.77 Å². The van der Waals surface area contributed by atoms with Gasteiger partial charge in [0.25, 0.3) is 5.91 Å². The van der Waals surface area contributed by atoms with Gasteiger partial charge in [0.2, 0.25) is 0 Å². The van der Waals surface area contributed by atoms with E-state index < -0.39 is 5.91 Å². The number of carbonyl (C=O) groups is 1. The second kappa shape index (κ2) is 4.23. The molecule has 0 aliphatic heterocycles. The van der Waals surface area contributed by atoms with Crippen LogP contribution in [0.25, 0.3) is 17.2 Å². The molecule has 1 heterocycles. The Morgan fingerprint density at radius 1 is 1.53 bits per heavy atom. The Bertz CT molecular complexity index is 717. The first-order valence-electron chi connectivity index (χ1n) is 4.74. The summed E-state index contributed by atoms with van der Waals surface area (Å²) >= 11 is 5.11. The number of hydrogen-bond acceptors (Lipinski definition) is 3. The van der Waals surface area contributed by atoms with Crippen LogP contribution in [0.2, 0.25) is 0 Å².